The van der Waals surface area contributed by atoms with Crippen LogP contribution in [0.1, 0.15) is 10.4 Å². The number of pyridine rings is 1. The molecule has 18 heavy (non-hydrogen) atoms. The third-order valence-corrected chi connectivity index (χ3v) is 3.41. The normalized spacial score (nSPS) is 10.2. The van der Waals surface area contributed by atoms with Gasteiger partial charge in [0.15, 0.2) is 0 Å². The molecular weight excluding hydrogens is 383 g/mol. The van der Waals surface area contributed by atoms with Crippen LogP contribution in [0.5, 0.6) is 0 Å². The molecule has 0 unspecified atom stereocenters. The highest BCUT2D eigenvalue weighted by Crippen LogP contribution is 2.26. The third-order valence-electron chi connectivity index (χ3n) is 2.17. The Morgan fingerprint density at radius 1 is 1.22 bits per heavy atom. The Morgan fingerprint density at radius 2 is 2.00 bits per heavy atom. The van der Waals surface area contributed by atoms with Gasteiger partial charge in [-0.1, -0.05) is 27.5 Å². The van der Waals surface area contributed by atoms with Crippen molar-refractivity contribution in [3.8, 4) is 0 Å². The molecule has 0 aliphatic rings. The zero-order valence-corrected chi connectivity index (χ0v) is 12.9. The molecule has 0 aliphatic heterocycles. The Bertz CT molecular complexity index is 604. The Kier molecular flexibility index (Phi) is 4.37. The number of rotatable bonds is 2. The van der Waals surface area contributed by atoms with E-state index in [1.807, 2.05) is 6.07 Å². The minimum absolute atomic E-state index is 0.234. The van der Waals surface area contributed by atoms with Gasteiger partial charge in [-0.25, -0.2) is 4.98 Å². The van der Waals surface area contributed by atoms with E-state index >= 15 is 0 Å². The number of anilines is 1. The molecule has 1 amide bonds. The van der Waals surface area contributed by atoms with Gasteiger partial charge in [-0.3, -0.25) is 4.79 Å². The Hall–Kier alpha value is -0.910. The first kappa shape index (κ1) is 13.5. The predicted molar refractivity (Wildman–Crippen MR) is 79.0 cm³/mol. The van der Waals surface area contributed by atoms with E-state index in [0.717, 1.165) is 4.47 Å². The number of aromatic nitrogens is 1. The van der Waals surface area contributed by atoms with Crippen molar-refractivity contribution in [2.45, 2.75) is 0 Å². The molecule has 1 N–H and O–H groups in total. The molecule has 2 rings (SSSR count). The summed E-state index contributed by atoms with van der Waals surface area (Å²) in [5.41, 5.74) is 1.08. The number of nitrogens with zero attached hydrogens (tertiary/aromatic N) is 1. The molecule has 1 aromatic heterocycles. The molecule has 0 fully saturated rings. The van der Waals surface area contributed by atoms with Crippen molar-refractivity contribution in [3.05, 3.63) is 56.2 Å². The topological polar surface area (TPSA) is 42.0 Å². The van der Waals surface area contributed by atoms with Gasteiger partial charge in [0.2, 0.25) is 0 Å². The first-order valence-electron chi connectivity index (χ1n) is 4.94. The number of carbonyl (C=O) groups excluding carboxylic acids is 1. The number of hydrogen-bond donors (Lipinski definition) is 1. The maximum Gasteiger partial charge on any atom is 0.255 e. The van der Waals surface area contributed by atoms with Crippen molar-refractivity contribution < 1.29 is 4.79 Å². The van der Waals surface area contributed by atoms with E-state index in [2.05, 4.69) is 42.2 Å². The Labute approximate surface area is 126 Å². The molecule has 6 heteroatoms. The van der Waals surface area contributed by atoms with Crippen LogP contribution in [0.15, 0.2) is 45.6 Å². The fraction of sp³-hybridized carbons (Fsp3) is 0. The summed E-state index contributed by atoms with van der Waals surface area (Å²) in [5.74, 6) is -0.234. The van der Waals surface area contributed by atoms with Crippen LogP contribution >= 0.6 is 43.5 Å². The highest BCUT2D eigenvalue weighted by Gasteiger charge is 2.09. The molecule has 0 radical (unpaired) electrons. The molecule has 0 bridgehead atoms. The standard InChI is InChI=1S/C12H7Br2ClN2O/c13-8-1-2-10(9(15)6-8)17-12(18)7-3-4-16-11(14)5-7/h1-6H,(H,17,18). The highest BCUT2D eigenvalue weighted by molar-refractivity contribution is 9.10. The second kappa shape index (κ2) is 5.82. The third kappa shape index (κ3) is 3.31. The number of hydrogen-bond acceptors (Lipinski definition) is 2. The lowest BCUT2D eigenvalue weighted by molar-refractivity contribution is 0.102. The van der Waals surface area contributed by atoms with Crippen molar-refractivity contribution in [2.24, 2.45) is 0 Å². The smallest absolute Gasteiger partial charge is 0.255 e. The van der Waals surface area contributed by atoms with Crippen LogP contribution in [-0.4, -0.2) is 10.9 Å². The second-order valence-corrected chi connectivity index (χ2v) is 5.58. The van der Waals surface area contributed by atoms with Gasteiger partial charge in [-0.05, 0) is 46.3 Å². The summed E-state index contributed by atoms with van der Waals surface area (Å²) in [7, 11) is 0. The molecule has 0 spiro atoms. The molecular formula is C12H7Br2ClN2O. The Balaban J connectivity index is 2.21. The summed E-state index contributed by atoms with van der Waals surface area (Å²) in [6, 6.07) is 8.54. The maximum absolute atomic E-state index is 12.0. The summed E-state index contributed by atoms with van der Waals surface area (Å²) in [6.07, 6.45) is 1.56. The van der Waals surface area contributed by atoms with Gasteiger partial charge in [-0.2, -0.15) is 0 Å². The average molecular weight is 390 g/mol. The largest absolute Gasteiger partial charge is 0.321 e. The predicted octanol–water partition coefficient (Wildman–Crippen LogP) is 4.51. The van der Waals surface area contributed by atoms with E-state index in [1.165, 1.54) is 0 Å². The number of nitrogens with one attached hydrogen (secondary N) is 1. The van der Waals surface area contributed by atoms with Crippen LogP contribution in [0.3, 0.4) is 0 Å². The van der Waals surface area contributed by atoms with Crippen LogP contribution in [-0.2, 0) is 0 Å². The fourth-order valence-electron chi connectivity index (χ4n) is 1.33. The van der Waals surface area contributed by atoms with Crippen molar-refractivity contribution in [3.63, 3.8) is 0 Å². The van der Waals surface area contributed by atoms with Gasteiger partial charge >= 0.3 is 0 Å². The van der Waals surface area contributed by atoms with E-state index in [9.17, 15) is 4.79 Å². The van der Waals surface area contributed by atoms with E-state index in [-0.39, 0.29) is 5.91 Å². The number of halogens is 3. The van der Waals surface area contributed by atoms with Gasteiger partial charge in [-0.15, -0.1) is 0 Å². The average Bonchev–Trinajstić information content (AvgIpc) is 2.32. The van der Waals surface area contributed by atoms with E-state index in [1.54, 1.807) is 30.5 Å². The summed E-state index contributed by atoms with van der Waals surface area (Å²) < 4.78 is 1.47. The molecule has 0 aliphatic carbocycles. The van der Waals surface area contributed by atoms with Crippen LogP contribution in [0.4, 0.5) is 5.69 Å². The number of benzene rings is 1. The maximum atomic E-state index is 12.0. The van der Waals surface area contributed by atoms with E-state index in [4.69, 9.17) is 11.6 Å². The van der Waals surface area contributed by atoms with Gasteiger partial charge < -0.3 is 5.32 Å². The molecule has 1 heterocycles. The van der Waals surface area contributed by atoms with Crippen LogP contribution in [0.25, 0.3) is 0 Å². The lowest BCUT2D eigenvalue weighted by Gasteiger charge is -2.07. The minimum Gasteiger partial charge on any atom is -0.321 e. The molecule has 2 aromatic rings. The lowest BCUT2D eigenvalue weighted by Crippen LogP contribution is -2.12. The molecule has 92 valence electrons. The van der Waals surface area contributed by atoms with Crippen LogP contribution in [0, 0.1) is 0 Å². The number of carbonyl (C=O) groups is 1. The summed E-state index contributed by atoms with van der Waals surface area (Å²) in [4.78, 5) is 15.9. The Morgan fingerprint density at radius 3 is 2.67 bits per heavy atom. The lowest BCUT2D eigenvalue weighted by atomic mass is 10.2. The van der Waals surface area contributed by atoms with Crippen molar-refractivity contribution in [2.75, 3.05) is 5.32 Å². The second-order valence-electron chi connectivity index (χ2n) is 3.45. The van der Waals surface area contributed by atoms with Gasteiger partial charge in [0.05, 0.1) is 10.7 Å². The SMILES string of the molecule is O=C(Nc1ccc(Br)cc1Cl)c1ccnc(Br)c1. The van der Waals surface area contributed by atoms with Crippen LogP contribution < -0.4 is 5.32 Å². The van der Waals surface area contributed by atoms with Gasteiger partial charge in [0, 0.05) is 16.2 Å². The van der Waals surface area contributed by atoms with Gasteiger partial charge in [0.1, 0.15) is 4.60 Å². The molecule has 0 atom stereocenters. The van der Waals surface area contributed by atoms with Gasteiger partial charge in [0.25, 0.3) is 5.91 Å². The van der Waals surface area contributed by atoms with Crippen molar-refractivity contribution >= 4 is 55.1 Å². The van der Waals surface area contributed by atoms with E-state index in [0.29, 0.717) is 20.9 Å². The summed E-state index contributed by atoms with van der Waals surface area (Å²) in [5, 5.41) is 3.22. The molecule has 3 nitrogen and oxygen atoms in total. The molecule has 1 aromatic carbocycles. The monoisotopic (exact) mass is 388 g/mol. The first-order valence-corrected chi connectivity index (χ1v) is 6.90. The van der Waals surface area contributed by atoms with E-state index < -0.39 is 0 Å². The quantitative estimate of drug-likeness (QED) is 0.767. The summed E-state index contributed by atoms with van der Waals surface area (Å²) >= 11 is 12.5. The molecule has 0 saturated carbocycles. The summed E-state index contributed by atoms with van der Waals surface area (Å²) in [6.45, 7) is 0. The first-order chi connectivity index (χ1) is 8.56. The minimum atomic E-state index is -0.234. The van der Waals surface area contributed by atoms with Crippen molar-refractivity contribution in [1.29, 1.82) is 0 Å². The fourth-order valence-corrected chi connectivity index (χ4v) is 2.41. The van der Waals surface area contributed by atoms with Crippen LogP contribution in [0.2, 0.25) is 5.02 Å². The van der Waals surface area contributed by atoms with Crippen molar-refractivity contribution in [1.82, 2.24) is 4.98 Å². The number of amides is 1. The zero-order valence-electron chi connectivity index (χ0n) is 8.95. The molecule has 0 saturated heterocycles. The zero-order chi connectivity index (χ0) is 13.1. The highest BCUT2D eigenvalue weighted by atomic mass is 79.9.